The van der Waals surface area contributed by atoms with Gasteiger partial charge in [-0.3, -0.25) is 0 Å². The Labute approximate surface area is 112 Å². The number of rotatable bonds is 4. The second kappa shape index (κ2) is 10.7. The molecule has 0 bridgehead atoms. The minimum atomic E-state index is 0.615. The first kappa shape index (κ1) is 15.9. The molecule has 1 atom stereocenters. The molecule has 2 saturated heterocycles. The summed E-state index contributed by atoms with van der Waals surface area (Å²) in [4.78, 5) is 2.52. The van der Waals surface area contributed by atoms with Gasteiger partial charge in [0.05, 0.1) is 0 Å². The summed E-state index contributed by atoms with van der Waals surface area (Å²) in [6.07, 6.45) is 9.34. The first-order valence-electron chi connectivity index (χ1n) is 7.72. The maximum atomic E-state index is 5.44. The van der Waals surface area contributed by atoms with Crippen molar-refractivity contribution in [2.45, 2.75) is 51.0 Å². The lowest BCUT2D eigenvalue weighted by atomic mass is 10.1. The molecule has 4 heteroatoms. The van der Waals surface area contributed by atoms with E-state index in [0.29, 0.717) is 6.04 Å². The molecule has 0 aliphatic carbocycles. The van der Waals surface area contributed by atoms with E-state index < -0.39 is 0 Å². The molecule has 0 saturated carbocycles. The molecule has 2 aliphatic rings. The standard InChI is InChI=1S/C8H18N2.C6H14N2/c9-5-4-8-10-6-2-1-3-7-10;7-5-6-3-1-2-4-8-6/h1-9H2;6,8H,1-5,7H2. The molecule has 2 aliphatic heterocycles. The molecule has 0 aromatic carbocycles. The quantitative estimate of drug-likeness (QED) is 0.699. The first-order chi connectivity index (χ1) is 8.86. The van der Waals surface area contributed by atoms with Crippen LogP contribution in [0.2, 0.25) is 0 Å². The summed E-state index contributed by atoms with van der Waals surface area (Å²) in [6, 6.07) is 0.615. The van der Waals surface area contributed by atoms with Crippen molar-refractivity contribution in [3.63, 3.8) is 0 Å². The summed E-state index contributed by atoms with van der Waals surface area (Å²) in [7, 11) is 0. The van der Waals surface area contributed by atoms with E-state index in [4.69, 9.17) is 11.5 Å². The molecule has 18 heavy (non-hydrogen) atoms. The number of nitrogens with one attached hydrogen (secondary N) is 1. The van der Waals surface area contributed by atoms with Crippen LogP contribution in [0.15, 0.2) is 0 Å². The first-order valence-corrected chi connectivity index (χ1v) is 7.72. The topological polar surface area (TPSA) is 67.3 Å². The molecule has 108 valence electrons. The molecule has 5 N–H and O–H groups in total. The van der Waals surface area contributed by atoms with Gasteiger partial charge >= 0.3 is 0 Å². The molecule has 2 rings (SSSR count). The van der Waals surface area contributed by atoms with Crippen LogP contribution in [0.3, 0.4) is 0 Å². The number of likely N-dealkylation sites (tertiary alicyclic amines) is 1. The van der Waals surface area contributed by atoms with Gasteiger partial charge in [-0.15, -0.1) is 0 Å². The third-order valence-electron chi connectivity index (χ3n) is 3.82. The third-order valence-corrected chi connectivity index (χ3v) is 3.82. The summed E-state index contributed by atoms with van der Waals surface area (Å²) in [5, 5.41) is 3.34. The van der Waals surface area contributed by atoms with Crippen LogP contribution in [0.1, 0.15) is 44.9 Å². The van der Waals surface area contributed by atoms with Crippen LogP contribution in [0, 0.1) is 0 Å². The summed E-state index contributed by atoms with van der Waals surface area (Å²) in [5.74, 6) is 0. The minimum Gasteiger partial charge on any atom is -0.330 e. The maximum Gasteiger partial charge on any atom is 0.0190 e. The van der Waals surface area contributed by atoms with Crippen molar-refractivity contribution in [3.8, 4) is 0 Å². The number of nitrogens with two attached hydrogens (primary N) is 2. The van der Waals surface area contributed by atoms with Gasteiger partial charge in [0.25, 0.3) is 0 Å². The van der Waals surface area contributed by atoms with Crippen molar-refractivity contribution in [3.05, 3.63) is 0 Å². The van der Waals surface area contributed by atoms with E-state index in [1.807, 2.05) is 0 Å². The van der Waals surface area contributed by atoms with Crippen molar-refractivity contribution in [1.29, 1.82) is 0 Å². The van der Waals surface area contributed by atoms with Gasteiger partial charge in [0.1, 0.15) is 0 Å². The highest BCUT2D eigenvalue weighted by atomic mass is 15.1. The largest absolute Gasteiger partial charge is 0.330 e. The maximum absolute atomic E-state index is 5.44. The van der Waals surface area contributed by atoms with Crippen LogP contribution >= 0.6 is 0 Å². The lowest BCUT2D eigenvalue weighted by Gasteiger charge is -2.25. The summed E-state index contributed by atoms with van der Waals surface area (Å²) >= 11 is 0. The van der Waals surface area contributed by atoms with E-state index in [2.05, 4.69) is 10.2 Å². The van der Waals surface area contributed by atoms with Crippen LogP contribution < -0.4 is 16.8 Å². The lowest BCUT2D eigenvalue weighted by molar-refractivity contribution is 0.227. The number of hydrogen-bond donors (Lipinski definition) is 3. The minimum absolute atomic E-state index is 0.615. The van der Waals surface area contributed by atoms with Crippen molar-refractivity contribution in [1.82, 2.24) is 10.2 Å². The zero-order valence-corrected chi connectivity index (χ0v) is 11.9. The Morgan fingerprint density at radius 3 is 2.28 bits per heavy atom. The van der Waals surface area contributed by atoms with Gasteiger partial charge in [-0.2, -0.15) is 0 Å². The number of piperidine rings is 2. The fourth-order valence-electron chi connectivity index (χ4n) is 2.62. The zero-order chi connectivity index (χ0) is 13.1. The molecule has 0 radical (unpaired) electrons. The SMILES string of the molecule is NCC1CCCCN1.NCCCN1CCCCC1. The van der Waals surface area contributed by atoms with Crippen LogP contribution in [-0.2, 0) is 0 Å². The Kier molecular flexibility index (Phi) is 9.48. The highest BCUT2D eigenvalue weighted by Crippen LogP contribution is 2.08. The van der Waals surface area contributed by atoms with Gasteiger partial charge in [-0.1, -0.05) is 12.8 Å². The van der Waals surface area contributed by atoms with E-state index in [9.17, 15) is 0 Å². The predicted octanol–water partition coefficient (Wildman–Crippen LogP) is 0.908. The Morgan fingerprint density at radius 1 is 1.00 bits per heavy atom. The van der Waals surface area contributed by atoms with Gasteiger partial charge in [0, 0.05) is 12.6 Å². The molecule has 0 spiro atoms. The molecular formula is C14H32N4. The molecule has 0 amide bonds. The summed E-state index contributed by atoms with van der Waals surface area (Å²) < 4.78 is 0. The lowest BCUT2D eigenvalue weighted by Crippen LogP contribution is -2.39. The van der Waals surface area contributed by atoms with Crippen molar-refractivity contribution >= 4 is 0 Å². The van der Waals surface area contributed by atoms with Crippen molar-refractivity contribution in [2.24, 2.45) is 11.5 Å². The van der Waals surface area contributed by atoms with E-state index in [0.717, 1.165) is 13.1 Å². The Bertz CT molecular complexity index is 175. The second-order valence-electron chi connectivity index (χ2n) is 5.43. The molecule has 4 nitrogen and oxygen atoms in total. The van der Waals surface area contributed by atoms with Gasteiger partial charge in [0.2, 0.25) is 0 Å². The van der Waals surface area contributed by atoms with Gasteiger partial charge in [-0.05, 0) is 64.8 Å². The molecule has 2 fully saturated rings. The Balaban J connectivity index is 0.000000184. The fourth-order valence-corrected chi connectivity index (χ4v) is 2.62. The van der Waals surface area contributed by atoms with E-state index in [-0.39, 0.29) is 0 Å². The van der Waals surface area contributed by atoms with Crippen LogP contribution in [0.5, 0.6) is 0 Å². The Hall–Kier alpha value is -0.160. The summed E-state index contributed by atoms with van der Waals surface area (Å²) in [5.41, 5.74) is 10.9. The zero-order valence-electron chi connectivity index (χ0n) is 11.9. The van der Waals surface area contributed by atoms with E-state index in [1.54, 1.807) is 0 Å². The van der Waals surface area contributed by atoms with E-state index in [1.165, 1.54) is 71.1 Å². The fraction of sp³-hybridized carbons (Fsp3) is 1.00. The van der Waals surface area contributed by atoms with Crippen LogP contribution in [-0.4, -0.2) is 50.2 Å². The molecule has 0 aromatic rings. The van der Waals surface area contributed by atoms with Crippen LogP contribution in [0.4, 0.5) is 0 Å². The number of nitrogens with zero attached hydrogens (tertiary/aromatic N) is 1. The molecule has 2 heterocycles. The van der Waals surface area contributed by atoms with Crippen LogP contribution in [0.25, 0.3) is 0 Å². The van der Waals surface area contributed by atoms with Gasteiger partial charge in [-0.25, -0.2) is 0 Å². The van der Waals surface area contributed by atoms with Gasteiger partial charge in [0.15, 0.2) is 0 Å². The Morgan fingerprint density at radius 2 is 1.78 bits per heavy atom. The average Bonchev–Trinajstić information content (AvgIpc) is 2.48. The summed E-state index contributed by atoms with van der Waals surface area (Å²) in [6.45, 7) is 6.65. The predicted molar refractivity (Wildman–Crippen MR) is 78.7 cm³/mol. The average molecular weight is 256 g/mol. The van der Waals surface area contributed by atoms with Gasteiger partial charge < -0.3 is 21.7 Å². The normalized spacial score (nSPS) is 25.3. The third kappa shape index (κ3) is 7.31. The highest BCUT2D eigenvalue weighted by molar-refractivity contribution is 4.71. The second-order valence-corrected chi connectivity index (χ2v) is 5.43. The highest BCUT2D eigenvalue weighted by Gasteiger charge is 2.09. The van der Waals surface area contributed by atoms with Crippen molar-refractivity contribution < 1.29 is 0 Å². The van der Waals surface area contributed by atoms with Crippen molar-refractivity contribution in [2.75, 3.05) is 39.3 Å². The smallest absolute Gasteiger partial charge is 0.0190 e. The molecule has 1 unspecified atom stereocenters. The number of hydrogen-bond acceptors (Lipinski definition) is 4. The molecular weight excluding hydrogens is 224 g/mol. The van der Waals surface area contributed by atoms with E-state index >= 15 is 0 Å². The monoisotopic (exact) mass is 256 g/mol. The molecule has 0 aromatic heterocycles.